The lowest BCUT2D eigenvalue weighted by molar-refractivity contribution is -0.138. The quantitative estimate of drug-likeness (QED) is 0.506. The van der Waals surface area contributed by atoms with Crippen LogP contribution < -0.4 is 0 Å². The molecule has 5 rings (SSSR count). The van der Waals surface area contributed by atoms with Gasteiger partial charge in [0.1, 0.15) is 11.9 Å². The molecule has 0 unspecified atom stereocenters. The number of nitrogens with zero attached hydrogens (tertiary/aromatic N) is 6. The fourth-order valence-electron chi connectivity index (χ4n) is 3.55. The first-order valence-corrected chi connectivity index (χ1v) is 9.92. The van der Waals surface area contributed by atoms with E-state index in [4.69, 9.17) is 4.74 Å². The van der Waals surface area contributed by atoms with Gasteiger partial charge in [-0.2, -0.15) is 0 Å². The van der Waals surface area contributed by atoms with E-state index in [1.807, 2.05) is 30.5 Å². The molecule has 1 atom stereocenters. The van der Waals surface area contributed by atoms with Crippen LogP contribution in [0.3, 0.4) is 0 Å². The van der Waals surface area contributed by atoms with Gasteiger partial charge >= 0.3 is 0 Å². The average molecular weight is 418 g/mol. The van der Waals surface area contributed by atoms with Crippen LogP contribution in [-0.4, -0.2) is 55.1 Å². The van der Waals surface area contributed by atoms with E-state index in [-0.39, 0.29) is 12.3 Å². The number of hydrogen-bond acceptors (Lipinski definition) is 6. The highest BCUT2D eigenvalue weighted by molar-refractivity contribution is 5.78. The Morgan fingerprint density at radius 2 is 2.10 bits per heavy atom. The largest absolute Gasteiger partial charge is 0.366 e. The highest BCUT2D eigenvalue weighted by Gasteiger charge is 2.28. The van der Waals surface area contributed by atoms with Crippen molar-refractivity contribution >= 4 is 11.6 Å². The molecule has 1 saturated heterocycles. The van der Waals surface area contributed by atoms with Crippen LogP contribution in [0.1, 0.15) is 17.6 Å². The van der Waals surface area contributed by atoms with Crippen LogP contribution in [0.5, 0.6) is 0 Å². The van der Waals surface area contributed by atoms with Crippen LogP contribution in [-0.2, 0) is 16.0 Å². The van der Waals surface area contributed by atoms with Crippen molar-refractivity contribution in [1.29, 1.82) is 0 Å². The molecule has 4 aromatic heterocycles. The lowest BCUT2D eigenvalue weighted by atomic mass is 10.1. The lowest BCUT2D eigenvalue weighted by Crippen LogP contribution is -2.43. The number of pyridine rings is 3. The first-order valence-electron chi connectivity index (χ1n) is 9.92. The number of carbonyl (C=O) groups excluding carboxylic acids is 1. The number of aromatic nitrogens is 5. The van der Waals surface area contributed by atoms with Crippen LogP contribution in [0.2, 0.25) is 0 Å². The van der Waals surface area contributed by atoms with Gasteiger partial charge in [0, 0.05) is 42.0 Å². The topological polar surface area (TPSA) is 85.5 Å². The average Bonchev–Trinajstić information content (AvgIpc) is 3.25. The number of rotatable bonds is 4. The SMILES string of the molecule is O=C(Cc1ccc(F)cn1)N1CCO[C@H](c2nc3ccc(-c4cccnc4)cn3n2)C1. The molecule has 0 bridgehead atoms. The van der Waals surface area contributed by atoms with Crippen molar-refractivity contribution in [2.45, 2.75) is 12.5 Å². The molecule has 1 amide bonds. The molecule has 0 aliphatic carbocycles. The Balaban J connectivity index is 1.32. The third-order valence-corrected chi connectivity index (χ3v) is 5.17. The summed E-state index contributed by atoms with van der Waals surface area (Å²) in [7, 11) is 0. The van der Waals surface area contributed by atoms with Gasteiger partial charge in [-0.1, -0.05) is 6.07 Å². The standard InChI is InChI=1S/C22H19FN6O2/c23-17-4-5-18(25-12-17)10-21(30)28-8-9-31-19(14-28)22-26-20-6-3-16(13-29(20)27-22)15-2-1-7-24-11-15/h1-7,11-13,19H,8-10,14H2/t19-/m0/s1. The van der Waals surface area contributed by atoms with Crippen molar-refractivity contribution in [1.82, 2.24) is 29.5 Å². The molecule has 1 aliphatic heterocycles. The van der Waals surface area contributed by atoms with Gasteiger partial charge in [-0.3, -0.25) is 14.8 Å². The van der Waals surface area contributed by atoms with E-state index in [0.29, 0.717) is 36.9 Å². The zero-order valence-electron chi connectivity index (χ0n) is 16.6. The molecule has 0 N–H and O–H groups in total. The second kappa shape index (κ2) is 8.19. The van der Waals surface area contributed by atoms with E-state index in [1.165, 1.54) is 12.1 Å². The summed E-state index contributed by atoms with van der Waals surface area (Å²) in [6.45, 7) is 1.23. The Labute approximate surface area is 177 Å². The molecular weight excluding hydrogens is 399 g/mol. The van der Waals surface area contributed by atoms with E-state index in [0.717, 1.165) is 17.3 Å². The highest BCUT2D eigenvalue weighted by Crippen LogP contribution is 2.23. The molecule has 31 heavy (non-hydrogen) atoms. The number of halogens is 1. The number of ether oxygens (including phenoxy) is 1. The molecule has 1 fully saturated rings. The van der Waals surface area contributed by atoms with Gasteiger partial charge < -0.3 is 9.64 Å². The fourth-order valence-corrected chi connectivity index (χ4v) is 3.55. The van der Waals surface area contributed by atoms with Crippen molar-refractivity contribution in [2.24, 2.45) is 0 Å². The summed E-state index contributed by atoms with van der Waals surface area (Å²) in [6, 6.07) is 10.6. The number of carbonyl (C=O) groups is 1. The molecule has 1 aliphatic rings. The number of fused-ring (bicyclic) bond motifs is 1. The number of hydrogen-bond donors (Lipinski definition) is 0. The van der Waals surface area contributed by atoms with Crippen molar-refractivity contribution in [3.8, 4) is 11.1 Å². The molecule has 8 nitrogen and oxygen atoms in total. The smallest absolute Gasteiger partial charge is 0.228 e. The van der Waals surface area contributed by atoms with E-state index < -0.39 is 11.9 Å². The van der Waals surface area contributed by atoms with E-state index in [1.54, 1.807) is 21.8 Å². The summed E-state index contributed by atoms with van der Waals surface area (Å²) in [5.41, 5.74) is 3.19. The molecule has 5 heterocycles. The minimum atomic E-state index is -0.424. The maximum absolute atomic E-state index is 13.0. The maximum atomic E-state index is 13.0. The third-order valence-electron chi connectivity index (χ3n) is 5.17. The Morgan fingerprint density at radius 1 is 1.16 bits per heavy atom. The Morgan fingerprint density at radius 3 is 2.90 bits per heavy atom. The summed E-state index contributed by atoms with van der Waals surface area (Å²) in [6.07, 6.45) is 6.23. The predicted octanol–water partition coefficient (Wildman–Crippen LogP) is 2.47. The second-order valence-electron chi connectivity index (χ2n) is 7.28. The zero-order chi connectivity index (χ0) is 21.2. The molecule has 156 valence electrons. The third kappa shape index (κ3) is 4.13. The molecule has 4 aromatic rings. The molecule has 0 radical (unpaired) electrons. The number of amides is 1. The van der Waals surface area contributed by atoms with Gasteiger partial charge in [0.05, 0.1) is 25.8 Å². The van der Waals surface area contributed by atoms with Crippen molar-refractivity contribution in [3.63, 3.8) is 0 Å². The highest BCUT2D eigenvalue weighted by atomic mass is 19.1. The molecule has 0 saturated carbocycles. The number of morpholine rings is 1. The zero-order valence-corrected chi connectivity index (χ0v) is 16.6. The summed E-state index contributed by atoms with van der Waals surface area (Å²) < 4.78 is 20.6. The first kappa shape index (κ1) is 19.3. The molecule has 0 aromatic carbocycles. The Kier molecular flexibility index (Phi) is 5.09. The van der Waals surface area contributed by atoms with Crippen molar-refractivity contribution < 1.29 is 13.9 Å². The van der Waals surface area contributed by atoms with E-state index >= 15 is 0 Å². The summed E-state index contributed by atoms with van der Waals surface area (Å²) in [4.78, 5) is 27.1. The molecule has 0 spiro atoms. The van der Waals surface area contributed by atoms with Crippen molar-refractivity contribution in [3.05, 3.63) is 78.5 Å². The van der Waals surface area contributed by atoms with Gasteiger partial charge in [0.15, 0.2) is 11.5 Å². The monoisotopic (exact) mass is 418 g/mol. The van der Waals surface area contributed by atoms with Gasteiger partial charge in [0.25, 0.3) is 0 Å². The fraction of sp³-hybridized carbons (Fsp3) is 0.227. The van der Waals surface area contributed by atoms with Gasteiger partial charge in [-0.05, 0) is 30.3 Å². The van der Waals surface area contributed by atoms with Crippen LogP contribution in [0.4, 0.5) is 4.39 Å². The van der Waals surface area contributed by atoms with Crippen LogP contribution >= 0.6 is 0 Å². The van der Waals surface area contributed by atoms with Gasteiger partial charge in [-0.15, -0.1) is 5.10 Å². The predicted molar refractivity (Wildman–Crippen MR) is 109 cm³/mol. The minimum absolute atomic E-state index is 0.0879. The van der Waals surface area contributed by atoms with Crippen molar-refractivity contribution in [2.75, 3.05) is 19.7 Å². The van der Waals surface area contributed by atoms with Gasteiger partial charge in [0.2, 0.25) is 5.91 Å². The summed E-state index contributed by atoms with van der Waals surface area (Å²) in [5.74, 6) is 0.0167. The van der Waals surface area contributed by atoms with Gasteiger partial charge in [-0.25, -0.2) is 13.9 Å². The first-order chi connectivity index (χ1) is 15.2. The molecular formula is C22H19FN6O2. The minimum Gasteiger partial charge on any atom is -0.366 e. The van der Waals surface area contributed by atoms with Crippen LogP contribution in [0.15, 0.2) is 61.2 Å². The maximum Gasteiger partial charge on any atom is 0.228 e. The van der Waals surface area contributed by atoms with E-state index in [9.17, 15) is 9.18 Å². The molecule has 9 heteroatoms. The summed E-state index contributed by atoms with van der Waals surface area (Å²) >= 11 is 0. The normalized spacial score (nSPS) is 16.5. The van der Waals surface area contributed by atoms with Crippen LogP contribution in [0.25, 0.3) is 16.8 Å². The Bertz CT molecular complexity index is 1210. The summed E-state index contributed by atoms with van der Waals surface area (Å²) in [5, 5.41) is 4.58. The Hall–Kier alpha value is -3.72. The second-order valence-corrected chi connectivity index (χ2v) is 7.28. The van der Waals surface area contributed by atoms with Crippen LogP contribution in [0, 0.1) is 5.82 Å². The van der Waals surface area contributed by atoms with E-state index in [2.05, 4.69) is 20.1 Å². The lowest BCUT2D eigenvalue weighted by Gasteiger charge is -2.31.